The number of rotatable bonds is 0. The smallest absolute Gasteiger partial charge is 0.0944 e. The van der Waals surface area contributed by atoms with Crippen LogP contribution < -0.4 is 0 Å². The molecule has 1 atom stereocenters. The van der Waals surface area contributed by atoms with Crippen molar-refractivity contribution in [1.82, 2.24) is 0 Å². The molecule has 1 rings (SSSR count). The Morgan fingerprint density at radius 1 is 1.73 bits per heavy atom. The third kappa shape index (κ3) is 2.24. The summed E-state index contributed by atoms with van der Waals surface area (Å²) in [7, 11) is 0. The molecule has 0 bridgehead atoms. The van der Waals surface area contributed by atoms with Crippen molar-refractivity contribution in [2.75, 3.05) is 0 Å². The van der Waals surface area contributed by atoms with Gasteiger partial charge in [0.2, 0.25) is 0 Å². The van der Waals surface area contributed by atoms with Gasteiger partial charge in [-0.3, -0.25) is 0 Å². The van der Waals surface area contributed by atoms with E-state index in [1.807, 2.05) is 6.08 Å². The first-order valence-corrected chi connectivity index (χ1v) is 4.22. The zero-order chi connectivity index (χ0) is 8.48. The van der Waals surface area contributed by atoms with Crippen LogP contribution in [0.15, 0.2) is 11.6 Å². The summed E-state index contributed by atoms with van der Waals surface area (Å²) in [5, 5.41) is 8.71. The summed E-state index contributed by atoms with van der Waals surface area (Å²) < 4.78 is 0. The first-order valence-electron chi connectivity index (χ1n) is 3.78. The Bertz CT molecular complexity index is 222. The number of alkyl halides is 1. The van der Waals surface area contributed by atoms with Crippen molar-refractivity contribution in [1.29, 1.82) is 5.26 Å². The minimum absolute atomic E-state index is 0.0494. The number of halogens is 1. The molecule has 0 saturated heterocycles. The van der Waals surface area contributed by atoms with E-state index >= 15 is 0 Å². The van der Waals surface area contributed by atoms with E-state index in [0.717, 1.165) is 18.4 Å². The Labute approximate surface area is 72.7 Å². The molecule has 1 aliphatic rings. The molecular formula is C9H12ClN. The molecular weight excluding hydrogens is 158 g/mol. The minimum atomic E-state index is 0.0494. The van der Waals surface area contributed by atoms with Crippen LogP contribution in [0.5, 0.6) is 0 Å². The van der Waals surface area contributed by atoms with Crippen molar-refractivity contribution in [2.45, 2.75) is 32.1 Å². The van der Waals surface area contributed by atoms with E-state index in [9.17, 15) is 0 Å². The Morgan fingerprint density at radius 2 is 2.36 bits per heavy atom. The molecule has 1 unspecified atom stereocenters. The number of hydrogen-bond donors (Lipinski definition) is 0. The Balaban J connectivity index is 2.80. The molecule has 0 spiro atoms. The summed E-state index contributed by atoms with van der Waals surface area (Å²) in [6.45, 7) is 4.29. The van der Waals surface area contributed by atoms with Gasteiger partial charge in [-0.2, -0.15) is 5.26 Å². The van der Waals surface area contributed by atoms with E-state index in [-0.39, 0.29) is 10.8 Å². The number of nitrogens with zero attached hydrogens (tertiary/aromatic N) is 1. The summed E-state index contributed by atoms with van der Waals surface area (Å²) in [4.78, 5) is 0. The minimum Gasteiger partial charge on any atom is -0.193 e. The highest BCUT2D eigenvalue weighted by Crippen LogP contribution is 2.36. The van der Waals surface area contributed by atoms with Crippen LogP contribution in [-0.4, -0.2) is 5.38 Å². The van der Waals surface area contributed by atoms with Gasteiger partial charge in [-0.25, -0.2) is 0 Å². The first-order chi connectivity index (χ1) is 5.03. The Morgan fingerprint density at radius 3 is 2.82 bits per heavy atom. The van der Waals surface area contributed by atoms with E-state index in [1.165, 1.54) is 0 Å². The maximum atomic E-state index is 8.66. The Kier molecular flexibility index (Phi) is 2.25. The quantitative estimate of drug-likeness (QED) is 0.512. The van der Waals surface area contributed by atoms with Gasteiger partial charge < -0.3 is 0 Å². The average Bonchev–Trinajstić information content (AvgIpc) is 1.83. The van der Waals surface area contributed by atoms with E-state index in [1.54, 1.807) is 0 Å². The van der Waals surface area contributed by atoms with E-state index in [0.29, 0.717) is 0 Å². The van der Waals surface area contributed by atoms with E-state index in [2.05, 4.69) is 19.9 Å². The lowest BCUT2D eigenvalue weighted by Gasteiger charge is -2.29. The van der Waals surface area contributed by atoms with Gasteiger partial charge in [0.1, 0.15) is 0 Å². The summed E-state index contributed by atoms with van der Waals surface area (Å²) in [5.41, 5.74) is 1.04. The highest BCUT2D eigenvalue weighted by molar-refractivity contribution is 6.22. The van der Waals surface area contributed by atoms with Crippen LogP contribution in [0.2, 0.25) is 0 Å². The molecule has 11 heavy (non-hydrogen) atoms. The molecule has 0 heterocycles. The zero-order valence-corrected chi connectivity index (χ0v) is 7.65. The van der Waals surface area contributed by atoms with Crippen LogP contribution in [0, 0.1) is 16.7 Å². The van der Waals surface area contributed by atoms with Gasteiger partial charge in [-0.05, 0) is 18.3 Å². The van der Waals surface area contributed by atoms with Crippen molar-refractivity contribution in [3.63, 3.8) is 0 Å². The molecule has 0 aromatic carbocycles. The average molecular weight is 170 g/mol. The van der Waals surface area contributed by atoms with Crippen molar-refractivity contribution >= 4 is 11.6 Å². The van der Waals surface area contributed by atoms with Crippen LogP contribution in [0.4, 0.5) is 0 Å². The summed E-state index contributed by atoms with van der Waals surface area (Å²) in [6.07, 6.45) is 3.71. The SMILES string of the molecule is CC1(C)CC(C#N)=CC(Cl)C1. The van der Waals surface area contributed by atoms with Crippen LogP contribution >= 0.6 is 11.6 Å². The van der Waals surface area contributed by atoms with Gasteiger partial charge in [0.25, 0.3) is 0 Å². The molecule has 0 saturated carbocycles. The monoisotopic (exact) mass is 169 g/mol. The zero-order valence-electron chi connectivity index (χ0n) is 6.89. The van der Waals surface area contributed by atoms with Gasteiger partial charge in [-0.15, -0.1) is 11.6 Å². The lowest BCUT2D eigenvalue weighted by atomic mass is 9.77. The largest absolute Gasteiger partial charge is 0.193 e. The van der Waals surface area contributed by atoms with Crippen molar-refractivity contribution in [2.24, 2.45) is 5.41 Å². The number of nitriles is 1. The third-order valence-corrected chi connectivity index (χ3v) is 2.22. The molecule has 1 aliphatic carbocycles. The van der Waals surface area contributed by atoms with Crippen molar-refractivity contribution in [3.8, 4) is 6.07 Å². The molecule has 0 amide bonds. The summed E-state index contributed by atoms with van der Waals surface area (Å²) in [5.74, 6) is 0. The highest BCUT2D eigenvalue weighted by atomic mass is 35.5. The van der Waals surface area contributed by atoms with Crippen molar-refractivity contribution < 1.29 is 0 Å². The summed E-state index contributed by atoms with van der Waals surface area (Å²) in [6, 6.07) is 2.17. The second-order valence-corrected chi connectivity index (χ2v) is 4.43. The van der Waals surface area contributed by atoms with E-state index < -0.39 is 0 Å². The molecule has 60 valence electrons. The number of allylic oxidation sites excluding steroid dienone is 2. The van der Waals surface area contributed by atoms with Gasteiger partial charge in [0.15, 0.2) is 0 Å². The molecule has 0 aromatic heterocycles. The lowest BCUT2D eigenvalue weighted by molar-refractivity contribution is 0.327. The van der Waals surface area contributed by atoms with Gasteiger partial charge in [0.05, 0.1) is 11.4 Å². The predicted octanol–water partition coefficient (Wildman–Crippen LogP) is 2.86. The topological polar surface area (TPSA) is 23.8 Å². The molecule has 0 aromatic rings. The highest BCUT2D eigenvalue weighted by Gasteiger charge is 2.27. The summed E-state index contributed by atoms with van der Waals surface area (Å²) >= 11 is 5.95. The predicted molar refractivity (Wildman–Crippen MR) is 46.4 cm³/mol. The van der Waals surface area contributed by atoms with E-state index in [4.69, 9.17) is 16.9 Å². The normalized spacial score (nSPS) is 28.9. The molecule has 2 heteroatoms. The van der Waals surface area contributed by atoms with Crippen LogP contribution in [-0.2, 0) is 0 Å². The Hall–Kier alpha value is -0.480. The lowest BCUT2D eigenvalue weighted by Crippen LogP contribution is -2.21. The van der Waals surface area contributed by atoms with Crippen LogP contribution in [0.1, 0.15) is 26.7 Å². The van der Waals surface area contributed by atoms with Gasteiger partial charge >= 0.3 is 0 Å². The van der Waals surface area contributed by atoms with Crippen LogP contribution in [0.3, 0.4) is 0 Å². The fraction of sp³-hybridized carbons (Fsp3) is 0.667. The fourth-order valence-corrected chi connectivity index (χ4v) is 2.10. The van der Waals surface area contributed by atoms with Gasteiger partial charge in [-0.1, -0.05) is 19.9 Å². The van der Waals surface area contributed by atoms with Crippen LogP contribution in [0.25, 0.3) is 0 Å². The standard InChI is InChI=1S/C9H12ClN/c1-9(2)4-7(6-11)3-8(10)5-9/h3,8H,4-5H2,1-2H3. The molecule has 0 aliphatic heterocycles. The fourth-order valence-electron chi connectivity index (χ4n) is 1.53. The molecule has 0 fully saturated rings. The first kappa shape index (κ1) is 8.62. The molecule has 0 radical (unpaired) electrons. The third-order valence-electron chi connectivity index (χ3n) is 1.94. The van der Waals surface area contributed by atoms with Crippen molar-refractivity contribution in [3.05, 3.63) is 11.6 Å². The maximum Gasteiger partial charge on any atom is 0.0944 e. The molecule has 0 N–H and O–H groups in total. The second kappa shape index (κ2) is 2.87. The second-order valence-electron chi connectivity index (χ2n) is 3.86. The molecule has 1 nitrogen and oxygen atoms in total. The maximum absolute atomic E-state index is 8.66. The number of hydrogen-bond acceptors (Lipinski definition) is 1. The van der Waals surface area contributed by atoms with Gasteiger partial charge in [0, 0.05) is 5.57 Å².